The first kappa shape index (κ1) is 10.7. The molecule has 0 fully saturated rings. The molecule has 2 aliphatic carbocycles. The second kappa shape index (κ2) is 3.97. The highest BCUT2D eigenvalue weighted by Gasteiger charge is 2.36. The lowest BCUT2D eigenvalue weighted by Crippen LogP contribution is -2.47. The molecule has 0 aromatic heterocycles. The van der Waals surface area contributed by atoms with Crippen LogP contribution in [0.15, 0.2) is 36.0 Å². The Morgan fingerprint density at radius 2 is 2.20 bits per heavy atom. The smallest absolute Gasteiger partial charge is 0.0379 e. The molecule has 0 saturated heterocycles. The minimum Gasteiger partial charge on any atom is -0.322 e. The molecule has 2 aliphatic rings. The van der Waals surface area contributed by atoms with E-state index in [4.69, 9.17) is 5.73 Å². The Kier molecular flexibility index (Phi) is 2.83. The Bertz CT molecular complexity index is 320. The highest BCUT2D eigenvalue weighted by molar-refractivity contribution is 5.28. The highest BCUT2D eigenvalue weighted by atomic mass is 14.7. The van der Waals surface area contributed by atoms with Crippen LogP contribution in [0.3, 0.4) is 0 Å². The molecule has 15 heavy (non-hydrogen) atoms. The number of hydrogen-bond acceptors (Lipinski definition) is 1. The van der Waals surface area contributed by atoms with Gasteiger partial charge >= 0.3 is 0 Å². The van der Waals surface area contributed by atoms with Crippen LogP contribution < -0.4 is 5.73 Å². The van der Waals surface area contributed by atoms with Gasteiger partial charge in [-0.2, -0.15) is 0 Å². The van der Waals surface area contributed by atoms with Gasteiger partial charge in [0.1, 0.15) is 0 Å². The van der Waals surface area contributed by atoms with E-state index in [0.29, 0.717) is 11.8 Å². The molecule has 0 saturated carbocycles. The number of allylic oxidation sites excluding steroid dienone is 4. The molecule has 3 atom stereocenters. The summed E-state index contributed by atoms with van der Waals surface area (Å²) in [5, 5.41) is 0. The van der Waals surface area contributed by atoms with Gasteiger partial charge in [-0.05, 0) is 32.1 Å². The van der Waals surface area contributed by atoms with Gasteiger partial charge in [0.25, 0.3) is 0 Å². The molecule has 1 nitrogen and oxygen atoms in total. The zero-order valence-corrected chi connectivity index (χ0v) is 9.74. The van der Waals surface area contributed by atoms with Crippen molar-refractivity contribution in [2.75, 3.05) is 0 Å². The van der Waals surface area contributed by atoms with E-state index >= 15 is 0 Å². The maximum absolute atomic E-state index is 6.39. The fraction of sp³-hybridized carbons (Fsp3) is 0.571. The van der Waals surface area contributed by atoms with Crippen LogP contribution in [-0.4, -0.2) is 5.54 Å². The molecular formula is C14H21N. The Labute approximate surface area is 92.7 Å². The fourth-order valence-corrected chi connectivity index (χ4v) is 3.03. The third-order valence-electron chi connectivity index (χ3n) is 3.67. The summed E-state index contributed by atoms with van der Waals surface area (Å²) in [6.45, 7) is 4.47. The summed E-state index contributed by atoms with van der Waals surface area (Å²) in [6.07, 6.45) is 14.6. The number of rotatable bonds is 1. The Morgan fingerprint density at radius 3 is 2.80 bits per heavy atom. The topological polar surface area (TPSA) is 26.0 Å². The van der Waals surface area contributed by atoms with Crippen molar-refractivity contribution in [2.45, 2.75) is 38.6 Å². The molecule has 2 N–H and O–H groups in total. The average Bonchev–Trinajstić information content (AvgIpc) is 2.17. The lowest BCUT2D eigenvalue weighted by Gasteiger charge is -2.41. The number of nitrogens with two attached hydrogens (primary N) is 1. The van der Waals surface area contributed by atoms with Crippen LogP contribution in [0, 0.1) is 11.8 Å². The van der Waals surface area contributed by atoms with Gasteiger partial charge in [-0.1, -0.05) is 42.9 Å². The van der Waals surface area contributed by atoms with Gasteiger partial charge in [0.15, 0.2) is 0 Å². The second-order valence-electron chi connectivity index (χ2n) is 5.17. The maximum atomic E-state index is 6.39. The van der Waals surface area contributed by atoms with Crippen LogP contribution in [-0.2, 0) is 0 Å². The van der Waals surface area contributed by atoms with Crippen molar-refractivity contribution in [2.24, 2.45) is 17.6 Å². The van der Waals surface area contributed by atoms with Crippen molar-refractivity contribution >= 4 is 0 Å². The molecule has 0 spiro atoms. The molecule has 0 bridgehead atoms. The van der Waals surface area contributed by atoms with E-state index in [1.165, 1.54) is 19.3 Å². The van der Waals surface area contributed by atoms with Crippen molar-refractivity contribution in [1.82, 2.24) is 0 Å². The van der Waals surface area contributed by atoms with Crippen LogP contribution in [0.25, 0.3) is 0 Å². The van der Waals surface area contributed by atoms with E-state index in [9.17, 15) is 0 Å². The summed E-state index contributed by atoms with van der Waals surface area (Å²) in [4.78, 5) is 0. The summed E-state index contributed by atoms with van der Waals surface area (Å²) in [7, 11) is 0. The summed E-state index contributed by atoms with van der Waals surface area (Å²) < 4.78 is 0. The molecule has 2 rings (SSSR count). The lowest BCUT2D eigenvalue weighted by molar-refractivity contribution is 0.277. The van der Waals surface area contributed by atoms with Gasteiger partial charge in [0.05, 0.1) is 0 Å². The molecular weight excluding hydrogens is 182 g/mol. The monoisotopic (exact) mass is 203 g/mol. The molecule has 3 unspecified atom stereocenters. The van der Waals surface area contributed by atoms with E-state index in [0.717, 1.165) is 0 Å². The van der Waals surface area contributed by atoms with Crippen LogP contribution in [0.5, 0.6) is 0 Å². The van der Waals surface area contributed by atoms with Gasteiger partial charge in [-0.3, -0.25) is 0 Å². The predicted molar refractivity (Wildman–Crippen MR) is 65.5 cm³/mol. The van der Waals surface area contributed by atoms with Gasteiger partial charge in [-0.25, -0.2) is 0 Å². The van der Waals surface area contributed by atoms with Crippen LogP contribution in [0.4, 0.5) is 0 Å². The number of hydrogen-bond donors (Lipinski definition) is 1. The van der Waals surface area contributed by atoms with Crippen LogP contribution in [0.2, 0.25) is 0 Å². The van der Waals surface area contributed by atoms with Crippen molar-refractivity contribution in [3.8, 4) is 0 Å². The first-order valence-corrected chi connectivity index (χ1v) is 5.93. The standard InChI is InChI=1S/C14H21N/c1-11-7-6-10-14(2,15)13(11)12-8-4-3-5-9-12/h3-4,6,8,10-11,13H,5,7,9,15H2,1-2H3. The minimum absolute atomic E-state index is 0.158. The largest absolute Gasteiger partial charge is 0.322 e. The van der Waals surface area contributed by atoms with E-state index in [1.807, 2.05) is 0 Å². The predicted octanol–water partition coefficient (Wildman–Crippen LogP) is 3.19. The third kappa shape index (κ3) is 2.07. The quantitative estimate of drug-likeness (QED) is 0.651. The third-order valence-corrected chi connectivity index (χ3v) is 3.67. The molecule has 0 radical (unpaired) electrons. The van der Waals surface area contributed by atoms with Gasteiger partial charge in [-0.15, -0.1) is 0 Å². The molecule has 0 amide bonds. The zero-order valence-electron chi connectivity index (χ0n) is 9.74. The molecule has 0 aromatic carbocycles. The lowest BCUT2D eigenvalue weighted by atomic mass is 9.67. The summed E-state index contributed by atoms with van der Waals surface area (Å²) in [6, 6.07) is 0. The highest BCUT2D eigenvalue weighted by Crippen LogP contribution is 2.39. The van der Waals surface area contributed by atoms with Crippen LogP contribution >= 0.6 is 0 Å². The summed E-state index contributed by atoms with van der Waals surface area (Å²) >= 11 is 0. The van der Waals surface area contributed by atoms with Crippen molar-refractivity contribution in [3.05, 3.63) is 36.0 Å². The fourth-order valence-electron chi connectivity index (χ4n) is 3.03. The van der Waals surface area contributed by atoms with Gasteiger partial charge in [0, 0.05) is 11.5 Å². The Hall–Kier alpha value is -0.820. The second-order valence-corrected chi connectivity index (χ2v) is 5.17. The SMILES string of the molecule is CC1CC=CC(C)(N)C1C1=CC=CCC1. The van der Waals surface area contributed by atoms with Crippen molar-refractivity contribution in [1.29, 1.82) is 0 Å². The summed E-state index contributed by atoms with van der Waals surface area (Å²) in [5.41, 5.74) is 7.77. The minimum atomic E-state index is -0.158. The van der Waals surface area contributed by atoms with E-state index in [1.54, 1.807) is 5.57 Å². The van der Waals surface area contributed by atoms with Gasteiger partial charge in [0.2, 0.25) is 0 Å². The maximum Gasteiger partial charge on any atom is 0.0379 e. The average molecular weight is 203 g/mol. The zero-order chi connectivity index (χ0) is 10.9. The van der Waals surface area contributed by atoms with Crippen molar-refractivity contribution in [3.63, 3.8) is 0 Å². The Balaban J connectivity index is 2.29. The molecule has 82 valence electrons. The van der Waals surface area contributed by atoms with Crippen LogP contribution in [0.1, 0.15) is 33.1 Å². The summed E-state index contributed by atoms with van der Waals surface area (Å²) in [5.74, 6) is 1.19. The van der Waals surface area contributed by atoms with Gasteiger partial charge < -0.3 is 5.73 Å². The molecule has 0 heterocycles. The van der Waals surface area contributed by atoms with E-state index in [2.05, 4.69) is 44.2 Å². The normalized spacial score (nSPS) is 40.3. The Morgan fingerprint density at radius 1 is 1.40 bits per heavy atom. The van der Waals surface area contributed by atoms with E-state index < -0.39 is 0 Å². The molecule has 1 heteroatoms. The van der Waals surface area contributed by atoms with E-state index in [-0.39, 0.29) is 5.54 Å². The first-order valence-electron chi connectivity index (χ1n) is 5.93. The first-order chi connectivity index (χ1) is 7.11. The van der Waals surface area contributed by atoms with Crippen molar-refractivity contribution < 1.29 is 0 Å². The molecule has 0 aliphatic heterocycles. The molecule has 0 aromatic rings.